The molecule has 1 amide bonds. The molecule has 98 valence electrons. The maximum Gasteiger partial charge on any atom is 0.244 e. The molecule has 0 aliphatic heterocycles. The van der Waals surface area contributed by atoms with Crippen LogP contribution in [0.25, 0.3) is 6.08 Å². The van der Waals surface area contributed by atoms with Gasteiger partial charge in [0, 0.05) is 6.08 Å². The summed E-state index contributed by atoms with van der Waals surface area (Å²) in [5.74, 6) is 0.616. The van der Waals surface area contributed by atoms with Gasteiger partial charge in [-0.3, -0.25) is 4.79 Å². The Kier molecular flexibility index (Phi) is 4.18. The third-order valence-electron chi connectivity index (χ3n) is 2.93. The Bertz CT molecular complexity index is 570. The number of carbonyl (C=O) groups excluding carboxylic acids is 1. The molecular weight excluding hydrogens is 238 g/mol. The van der Waals surface area contributed by atoms with Crippen molar-refractivity contribution >= 4 is 12.0 Å². The average molecular weight is 255 g/mol. The summed E-state index contributed by atoms with van der Waals surface area (Å²) in [5.41, 5.74) is 2.19. The van der Waals surface area contributed by atoms with Gasteiger partial charge in [0.25, 0.3) is 0 Å². The highest BCUT2D eigenvalue weighted by Crippen LogP contribution is 2.12. The van der Waals surface area contributed by atoms with Crippen LogP contribution in [0.4, 0.5) is 0 Å². The van der Waals surface area contributed by atoms with Crippen molar-refractivity contribution in [1.82, 2.24) is 5.32 Å². The Hall–Kier alpha value is -2.29. The summed E-state index contributed by atoms with van der Waals surface area (Å²) in [4.78, 5) is 11.8. The van der Waals surface area contributed by atoms with Gasteiger partial charge in [0.05, 0.1) is 12.3 Å². The predicted octanol–water partition coefficient (Wildman–Crippen LogP) is 3.48. The van der Waals surface area contributed by atoms with Gasteiger partial charge >= 0.3 is 0 Å². The van der Waals surface area contributed by atoms with E-state index in [0.29, 0.717) is 0 Å². The molecule has 0 saturated heterocycles. The number of nitrogens with one attached hydrogen (secondary N) is 1. The van der Waals surface area contributed by atoms with Gasteiger partial charge in [-0.1, -0.05) is 24.3 Å². The van der Waals surface area contributed by atoms with Gasteiger partial charge in [-0.15, -0.1) is 0 Å². The van der Waals surface area contributed by atoms with Crippen molar-refractivity contribution in [3.8, 4) is 0 Å². The number of aryl methyl sites for hydroxylation is 1. The smallest absolute Gasteiger partial charge is 0.244 e. The topological polar surface area (TPSA) is 42.2 Å². The maximum absolute atomic E-state index is 11.8. The fourth-order valence-corrected chi connectivity index (χ4v) is 1.81. The van der Waals surface area contributed by atoms with Crippen molar-refractivity contribution in [1.29, 1.82) is 0 Å². The average Bonchev–Trinajstić information content (AvgIpc) is 2.91. The summed E-state index contributed by atoms with van der Waals surface area (Å²) >= 11 is 0. The van der Waals surface area contributed by atoms with Crippen LogP contribution in [0.5, 0.6) is 0 Å². The van der Waals surface area contributed by atoms with Crippen LogP contribution >= 0.6 is 0 Å². The number of hydrogen-bond acceptors (Lipinski definition) is 2. The largest absolute Gasteiger partial charge is 0.467 e. The lowest BCUT2D eigenvalue weighted by molar-refractivity contribution is -0.117. The molecule has 19 heavy (non-hydrogen) atoms. The van der Waals surface area contributed by atoms with Crippen molar-refractivity contribution in [2.45, 2.75) is 19.9 Å². The minimum Gasteiger partial charge on any atom is -0.467 e. The zero-order valence-electron chi connectivity index (χ0n) is 11.1. The lowest BCUT2D eigenvalue weighted by Crippen LogP contribution is -2.24. The fourth-order valence-electron chi connectivity index (χ4n) is 1.81. The number of carbonyl (C=O) groups is 1. The molecule has 0 bridgehead atoms. The standard InChI is InChI=1S/C16H17NO2/c1-12-6-3-4-7-14(12)9-10-16(18)17-13(2)15-8-5-11-19-15/h3-11,13H,1-2H3,(H,17,18)/b10-9+/t13-/m0/s1. The molecule has 0 radical (unpaired) electrons. The predicted molar refractivity (Wildman–Crippen MR) is 75.5 cm³/mol. The molecule has 1 N–H and O–H groups in total. The Balaban J connectivity index is 1.96. The Morgan fingerprint density at radius 2 is 2.05 bits per heavy atom. The maximum atomic E-state index is 11.8. The molecular formula is C16H17NO2. The molecule has 0 aliphatic carbocycles. The summed E-state index contributed by atoms with van der Waals surface area (Å²) in [5, 5.41) is 2.85. The van der Waals surface area contributed by atoms with Gasteiger partial charge in [-0.2, -0.15) is 0 Å². The molecule has 1 aromatic carbocycles. The molecule has 0 unspecified atom stereocenters. The first-order valence-electron chi connectivity index (χ1n) is 6.24. The molecule has 0 fully saturated rings. The van der Waals surface area contributed by atoms with E-state index in [-0.39, 0.29) is 11.9 Å². The Labute approximate surface area is 112 Å². The van der Waals surface area contributed by atoms with E-state index in [9.17, 15) is 4.79 Å². The van der Waals surface area contributed by atoms with Crippen molar-refractivity contribution in [3.05, 3.63) is 65.6 Å². The minimum atomic E-state index is -0.135. The minimum absolute atomic E-state index is 0.132. The number of benzene rings is 1. The molecule has 1 aromatic heterocycles. The van der Waals surface area contributed by atoms with Crippen LogP contribution in [-0.2, 0) is 4.79 Å². The van der Waals surface area contributed by atoms with E-state index >= 15 is 0 Å². The summed E-state index contributed by atoms with van der Waals surface area (Å²) in [6, 6.07) is 11.4. The highest BCUT2D eigenvalue weighted by Gasteiger charge is 2.09. The first-order valence-corrected chi connectivity index (χ1v) is 6.24. The Morgan fingerprint density at radius 3 is 2.74 bits per heavy atom. The zero-order chi connectivity index (χ0) is 13.7. The van der Waals surface area contributed by atoms with Gasteiger partial charge in [0.2, 0.25) is 5.91 Å². The summed E-state index contributed by atoms with van der Waals surface area (Å²) < 4.78 is 5.24. The van der Waals surface area contributed by atoms with Crippen molar-refractivity contribution in [2.24, 2.45) is 0 Å². The van der Waals surface area contributed by atoms with E-state index < -0.39 is 0 Å². The lowest BCUT2D eigenvalue weighted by atomic mass is 10.1. The molecule has 3 nitrogen and oxygen atoms in total. The number of amides is 1. The van der Waals surface area contributed by atoms with E-state index in [1.54, 1.807) is 18.4 Å². The van der Waals surface area contributed by atoms with Gasteiger partial charge in [0.1, 0.15) is 5.76 Å². The third-order valence-corrected chi connectivity index (χ3v) is 2.93. The fraction of sp³-hybridized carbons (Fsp3) is 0.188. The van der Waals surface area contributed by atoms with Crippen LogP contribution in [-0.4, -0.2) is 5.91 Å². The summed E-state index contributed by atoms with van der Waals surface area (Å²) in [7, 11) is 0. The molecule has 1 atom stereocenters. The lowest BCUT2D eigenvalue weighted by Gasteiger charge is -2.09. The highest BCUT2D eigenvalue weighted by atomic mass is 16.3. The van der Waals surface area contributed by atoms with E-state index in [1.807, 2.05) is 50.3 Å². The highest BCUT2D eigenvalue weighted by molar-refractivity contribution is 5.92. The van der Waals surface area contributed by atoms with Crippen LogP contribution in [0, 0.1) is 6.92 Å². The molecule has 0 aliphatic rings. The second kappa shape index (κ2) is 6.05. The van der Waals surface area contributed by atoms with Gasteiger partial charge in [-0.25, -0.2) is 0 Å². The van der Waals surface area contributed by atoms with Crippen LogP contribution in [0.1, 0.15) is 29.9 Å². The number of rotatable bonds is 4. The quantitative estimate of drug-likeness (QED) is 0.850. The van der Waals surface area contributed by atoms with Crippen LogP contribution in [0.15, 0.2) is 53.2 Å². The van der Waals surface area contributed by atoms with E-state index in [0.717, 1.165) is 16.9 Å². The number of furan rings is 1. The zero-order valence-corrected chi connectivity index (χ0v) is 11.1. The van der Waals surface area contributed by atoms with Gasteiger partial charge < -0.3 is 9.73 Å². The number of hydrogen-bond donors (Lipinski definition) is 1. The van der Waals surface area contributed by atoms with Gasteiger partial charge in [-0.05, 0) is 43.2 Å². The van der Waals surface area contributed by atoms with Crippen molar-refractivity contribution in [3.63, 3.8) is 0 Å². The molecule has 0 spiro atoms. The van der Waals surface area contributed by atoms with Gasteiger partial charge in [0.15, 0.2) is 0 Å². The normalized spacial score (nSPS) is 12.5. The molecule has 1 heterocycles. The second-order valence-electron chi connectivity index (χ2n) is 4.44. The van der Waals surface area contributed by atoms with Crippen LogP contribution in [0.3, 0.4) is 0 Å². The van der Waals surface area contributed by atoms with Crippen LogP contribution in [0.2, 0.25) is 0 Å². The van der Waals surface area contributed by atoms with Crippen molar-refractivity contribution < 1.29 is 9.21 Å². The molecule has 0 saturated carbocycles. The SMILES string of the molecule is Cc1ccccc1/C=C/C(=O)N[C@@H](C)c1ccco1. The Morgan fingerprint density at radius 1 is 1.26 bits per heavy atom. The van der Waals surface area contributed by atoms with Crippen LogP contribution < -0.4 is 5.32 Å². The molecule has 2 rings (SSSR count). The second-order valence-corrected chi connectivity index (χ2v) is 4.44. The molecule has 2 aromatic rings. The summed E-state index contributed by atoms with van der Waals surface area (Å²) in [6.45, 7) is 3.90. The third kappa shape index (κ3) is 3.58. The first kappa shape index (κ1) is 13.1. The summed E-state index contributed by atoms with van der Waals surface area (Å²) in [6.07, 6.45) is 4.96. The van der Waals surface area contributed by atoms with E-state index in [4.69, 9.17) is 4.42 Å². The monoisotopic (exact) mass is 255 g/mol. The van der Waals surface area contributed by atoms with Crippen molar-refractivity contribution in [2.75, 3.05) is 0 Å². The molecule has 3 heteroatoms. The first-order chi connectivity index (χ1) is 9.16. The van der Waals surface area contributed by atoms with E-state index in [2.05, 4.69) is 5.32 Å². The van der Waals surface area contributed by atoms with E-state index in [1.165, 1.54) is 0 Å².